The van der Waals surface area contributed by atoms with Crippen LogP contribution in [0.1, 0.15) is 39.5 Å². The molecule has 3 unspecified atom stereocenters. The number of rotatable bonds is 4. The van der Waals surface area contributed by atoms with Crippen LogP contribution in [-0.2, 0) is 4.79 Å². The van der Waals surface area contributed by atoms with Gasteiger partial charge in [-0.25, -0.2) is 0 Å². The molecule has 0 aromatic carbocycles. The van der Waals surface area contributed by atoms with Crippen LogP contribution in [-0.4, -0.2) is 19.0 Å². The monoisotopic (exact) mass is 212 g/mol. The summed E-state index contributed by atoms with van der Waals surface area (Å²) in [5.41, 5.74) is 5.70. The smallest absolute Gasteiger partial charge is 0.216 e. The molecule has 3 nitrogen and oxygen atoms in total. The van der Waals surface area contributed by atoms with Gasteiger partial charge in [-0.15, -0.1) is 0 Å². The van der Waals surface area contributed by atoms with E-state index >= 15 is 0 Å². The van der Waals surface area contributed by atoms with E-state index in [-0.39, 0.29) is 5.91 Å². The van der Waals surface area contributed by atoms with Crippen LogP contribution in [0.5, 0.6) is 0 Å². The molecule has 1 fully saturated rings. The van der Waals surface area contributed by atoms with Crippen molar-refractivity contribution in [1.29, 1.82) is 0 Å². The summed E-state index contributed by atoms with van der Waals surface area (Å²) in [5, 5.41) is 2.92. The molecule has 0 aromatic heterocycles. The van der Waals surface area contributed by atoms with Crippen molar-refractivity contribution < 1.29 is 4.79 Å². The lowest BCUT2D eigenvalue weighted by Gasteiger charge is -2.32. The van der Waals surface area contributed by atoms with E-state index in [1.807, 2.05) is 0 Å². The first-order valence-electron chi connectivity index (χ1n) is 6.08. The van der Waals surface area contributed by atoms with E-state index in [0.29, 0.717) is 11.8 Å². The van der Waals surface area contributed by atoms with Crippen LogP contribution in [0.2, 0.25) is 0 Å². The van der Waals surface area contributed by atoms with Gasteiger partial charge >= 0.3 is 0 Å². The van der Waals surface area contributed by atoms with Gasteiger partial charge in [-0.1, -0.05) is 19.8 Å². The molecule has 3 atom stereocenters. The van der Waals surface area contributed by atoms with E-state index in [1.54, 1.807) is 6.92 Å². The summed E-state index contributed by atoms with van der Waals surface area (Å²) >= 11 is 0. The summed E-state index contributed by atoms with van der Waals surface area (Å²) in [4.78, 5) is 10.8. The van der Waals surface area contributed by atoms with Gasteiger partial charge in [0, 0.05) is 13.5 Å². The first-order chi connectivity index (χ1) is 7.13. The average molecular weight is 212 g/mol. The zero-order chi connectivity index (χ0) is 11.3. The van der Waals surface area contributed by atoms with E-state index < -0.39 is 0 Å². The number of nitrogens with two attached hydrogens (primary N) is 1. The molecule has 0 aliphatic heterocycles. The first-order valence-corrected chi connectivity index (χ1v) is 6.08. The molecule has 3 heteroatoms. The number of carbonyl (C=O) groups is 1. The second kappa shape index (κ2) is 6.11. The molecule has 0 saturated heterocycles. The molecule has 1 rings (SSSR count). The Morgan fingerprint density at radius 1 is 1.53 bits per heavy atom. The molecule has 1 aliphatic rings. The predicted octanol–water partition coefficient (Wildman–Crippen LogP) is 1.52. The van der Waals surface area contributed by atoms with Crippen molar-refractivity contribution in [2.24, 2.45) is 23.5 Å². The predicted molar refractivity (Wildman–Crippen MR) is 62.4 cm³/mol. The Hall–Kier alpha value is -0.570. The van der Waals surface area contributed by atoms with Crippen LogP contribution < -0.4 is 11.1 Å². The van der Waals surface area contributed by atoms with Crippen LogP contribution >= 0.6 is 0 Å². The number of hydrogen-bond acceptors (Lipinski definition) is 2. The normalized spacial score (nSPS) is 28.5. The number of amides is 1. The largest absolute Gasteiger partial charge is 0.356 e. The number of nitrogens with one attached hydrogen (secondary N) is 1. The minimum Gasteiger partial charge on any atom is -0.356 e. The summed E-state index contributed by atoms with van der Waals surface area (Å²) in [6.07, 6.45) is 5.10. The Bertz CT molecular complexity index is 206. The van der Waals surface area contributed by atoms with E-state index in [2.05, 4.69) is 12.2 Å². The maximum Gasteiger partial charge on any atom is 0.216 e. The van der Waals surface area contributed by atoms with Crippen molar-refractivity contribution in [3.05, 3.63) is 0 Å². The molecule has 1 saturated carbocycles. The van der Waals surface area contributed by atoms with E-state index in [1.165, 1.54) is 25.7 Å². The molecule has 0 radical (unpaired) electrons. The van der Waals surface area contributed by atoms with Crippen molar-refractivity contribution in [2.75, 3.05) is 13.1 Å². The minimum atomic E-state index is 0.0870. The number of hydrogen-bond donors (Lipinski definition) is 2. The fraction of sp³-hybridized carbons (Fsp3) is 0.917. The Kier molecular flexibility index (Phi) is 5.09. The van der Waals surface area contributed by atoms with E-state index in [4.69, 9.17) is 5.73 Å². The standard InChI is InChI=1S/C12H24N2O/c1-9(7-13)12-5-3-4-11(6-12)8-14-10(2)15/h9,11-12H,3-8,13H2,1-2H3,(H,14,15). The molecule has 0 bridgehead atoms. The first kappa shape index (κ1) is 12.5. The quantitative estimate of drug-likeness (QED) is 0.742. The molecule has 15 heavy (non-hydrogen) atoms. The van der Waals surface area contributed by atoms with Crippen LogP contribution in [0.15, 0.2) is 0 Å². The lowest BCUT2D eigenvalue weighted by atomic mass is 9.75. The Morgan fingerprint density at radius 2 is 2.27 bits per heavy atom. The molecular formula is C12H24N2O. The molecule has 1 amide bonds. The molecule has 0 heterocycles. The van der Waals surface area contributed by atoms with Gasteiger partial charge in [-0.3, -0.25) is 4.79 Å². The summed E-state index contributed by atoms with van der Waals surface area (Å²) in [6.45, 7) is 5.47. The van der Waals surface area contributed by atoms with Crippen molar-refractivity contribution in [3.63, 3.8) is 0 Å². The summed E-state index contributed by atoms with van der Waals surface area (Å²) in [5.74, 6) is 2.15. The highest BCUT2D eigenvalue weighted by Gasteiger charge is 2.25. The van der Waals surface area contributed by atoms with Gasteiger partial charge in [0.05, 0.1) is 0 Å². The third kappa shape index (κ3) is 4.20. The van der Waals surface area contributed by atoms with Gasteiger partial charge in [0.1, 0.15) is 0 Å². The van der Waals surface area contributed by atoms with Gasteiger partial charge < -0.3 is 11.1 Å². The number of carbonyl (C=O) groups excluding carboxylic acids is 1. The van der Waals surface area contributed by atoms with Gasteiger partial charge in [0.15, 0.2) is 0 Å². The molecule has 88 valence electrons. The van der Waals surface area contributed by atoms with Crippen LogP contribution in [0, 0.1) is 17.8 Å². The van der Waals surface area contributed by atoms with E-state index in [0.717, 1.165) is 19.0 Å². The fourth-order valence-corrected chi connectivity index (χ4v) is 2.52. The van der Waals surface area contributed by atoms with Gasteiger partial charge in [-0.05, 0) is 37.1 Å². The van der Waals surface area contributed by atoms with Gasteiger partial charge in [-0.2, -0.15) is 0 Å². The van der Waals surface area contributed by atoms with E-state index in [9.17, 15) is 4.79 Å². The van der Waals surface area contributed by atoms with Crippen molar-refractivity contribution in [2.45, 2.75) is 39.5 Å². The fourth-order valence-electron chi connectivity index (χ4n) is 2.52. The van der Waals surface area contributed by atoms with Crippen LogP contribution in [0.3, 0.4) is 0 Å². The molecule has 3 N–H and O–H groups in total. The van der Waals surface area contributed by atoms with Crippen molar-refractivity contribution in [1.82, 2.24) is 5.32 Å². The van der Waals surface area contributed by atoms with Crippen LogP contribution in [0.4, 0.5) is 0 Å². The highest BCUT2D eigenvalue weighted by Crippen LogP contribution is 2.33. The summed E-state index contributed by atoms with van der Waals surface area (Å²) in [7, 11) is 0. The maximum atomic E-state index is 10.8. The topological polar surface area (TPSA) is 55.1 Å². The Morgan fingerprint density at radius 3 is 2.87 bits per heavy atom. The maximum absolute atomic E-state index is 10.8. The average Bonchev–Trinajstić information content (AvgIpc) is 2.25. The third-order valence-electron chi connectivity index (χ3n) is 3.64. The summed E-state index contributed by atoms with van der Waals surface area (Å²) in [6, 6.07) is 0. The highest BCUT2D eigenvalue weighted by atomic mass is 16.1. The molecule has 0 aromatic rings. The zero-order valence-electron chi connectivity index (χ0n) is 9.96. The molecular weight excluding hydrogens is 188 g/mol. The highest BCUT2D eigenvalue weighted by molar-refractivity contribution is 5.72. The molecule has 0 spiro atoms. The summed E-state index contributed by atoms with van der Waals surface area (Å²) < 4.78 is 0. The van der Waals surface area contributed by atoms with Gasteiger partial charge in [0.25, 0.3) is 0 Å². The van der Waals surface area contributed by atoms with Crippen LogP contribution in [0.25, 0.3) is 0 Å². The molecule has 1 aliphatic carbocycles. The Labute approximate surface area is 92.8 Å². The van der Waals surface area contributed by atoms with Crippen molar-refractivity contribution >= 4 is 5.91 Å². The SMILES string of the molecule is CC(=O)NCC1CCCC(C(C)CN)C1. The minimum absolute atomic E-state index is 0.0870. The zero-order valence-corrected chi connectivity index (χ0v) is 9.96. The van der Waals surface area contributed by atoms with Gasteiger partial charge in [0.2, 0.25) is 5.91 Å². The third-order valence-corrected chi connectivity index (χ3v) is 3.64. The second-order valence-corrected chi connectivity index (χ2v) is 4.94. The lowest BCUT2D eigenvalue weighted by molar-refractivity contribution is -0.119. The Balaban J connectivity index is 2.32. The second-order valence-electron chi connectivity index (χ2n) is 4.94. The van der Waals surface area contributed by atoms with Crippen molar-refractivity contribution in [3.8, 4) is 0 Å². The lowest BCUT2D eigenvalue weighted by Crippen LogP contribution is -2.33.